The second-order valence-corrected chi connectivity index (χ2v) is 7.74. The zero-order chi connectivity index (χ0) is 18.6. The molecular formula is C19H19ClN4O2S. The maximum atomic E-state index is 12.4. The van der Waals surface area contributed by atoms with Crippen molar-refractivity contribution in [2.45, 2.75) is 19.4 Å². The summed E-state index contributed by atoms with van der Waals surface area (Å²) in [6, 6.07) is 9.38. The number of amides is 1. The molecule has 1 atom stereocenters. The Bertz CT molecular complexity index is 933. The van der Waals surface area contributed by atoms with Crippen LogP contribution in [0.2, 0.25) is 5.02 Å². The molecule has 0 spiro atoms. The first kappa shape index (κ1) is 18.2. The highest BCUT2D eigenvalue weighted by Crippen LogP contribution is 2.30. The number of carbonyl (C=O) groups excluding carboxylic acids is 1. The third-order valence-electron chi connectivity index (χ3n) is 4.44. The van der Waals surface area contributed by atoms with E-state index in [9.17, 15) is 4.79 Å². The molecule has 1 N–H and O–H groups in total. The van der Waals surface area contributed by atoms with E-state index in [4.69, 9.17) is 16.3 Å². The first-order valence-corrected chi connectivity index (χ1v) is 10.0. The first-order chi connectivity index (χ1) is 13.2. The number of nitrogens with one attached hydrogen (secondary N) is 1. The van der Waals surface area contributed by atoms with Crippen molar-refractivity contribution in [1.82, 2.24) is 14.8 Å². The first-order valence-electron chi connectivity index (χ1n) is 8.78. The molecule has 1 saturated heterocycles. The Morgan fingerprint density at radius 1 is 1.37 bits per heavy atom. The monoisotopic (exact) mass is 402 g/mol. The third kappa shape index (κ3) is 4.37. The van der Waals surface area contributed by atoms with E-state index in [0.29, 0.717) is 16.8 Å². The van der Waals surface area contributed by atoms with Gasteiger partial charge in [-0.05, 0) is 12.5 Å². The van der Waals surface area contributed by atoms with Crippen LogP contribution in [0.1, 0.15) is 12.1 Å². The Labute approximate surface area is 166 Å². The minimum atomic E-state index is -0.115. The number of nitrogens with zero attached hydrogens (tertiary/aromatic N) is 3. The van der Waals surface area contributed by atoms with Gasteiger partial charge >= 0.3 is 0 Å². The van der Waals surface area contributed by atoms with Crippen molar-refractivity contribution in [2.24, 2.45) is 5.92 Å². The summed E-state index contributed by atoms with van der Waals surface area (Å²) in [6.07, 6.45) is 2.93. The number of aromatic nitrogens is 3. The van der Waals surface area contributed by atoms with Crippen LogP contribution in [0.25, 0.3) is 10.6 Å². The van der Waals surface area contributed by atoms with Gasteiger partial charge in [0.2, 0.25) is 5.91 Å². The summed E-state index contributed by atoms with van der Waals surface area (Å²) in [7, 11) is 0. The minimum Gasteiger partial charge on any atom is -0.381 e. The van der Waals surface area contributed by atoms with Crippen LogP contribution in [-0.4, -0.2) is 33.9 Å². The van der Waals surface area contributed by atoms with Gasteiger partial charge in [0.05, 0.1) is 29.9 Å². The lowest BCUT2D eigenvalue weighted by atomic mass is 10.1. The number of hydrogen-bond donors (Lipinski definition) is 1. The standard InChI is InChI=1S/C19H19ClN4O2S/c20-16-4-2-1-3-15(16)19-22-14(12-27-19)9-18(25)23-17-5-7-21-24(17)10-13-6-8-26-11-13/h1-5,7,12-13H,6,8-11H2,(H,23,25)/t13-/m0/s1. The fourth-order valence-corrected chi connectivity index (χ4v) is 4.19. The fourth-order valence-electron chi connectivity index (χ4n) is 3.05. The molecule has 8 heteroatoms. The molecule has 1 fully saturated rings. The largest absolute Gasteiger partial charge is 0.381 e. The Morgan fingerprint density at radius 2 is 2.26 bits per heavy atom. The van der Waals surface area contributed by atoms with Crippen LogP contribution in [0.4, 0.5) is 5.82 Å². The molecule has 6 nitrogen and oxygen atoms in total. The van der Waals surface area contributed by atoms with Gasteiger partial charge in [-0.25, -0.2) is 9.67 Å². The Hall–Kier alpha value is -2.22. The van der Waals surface area contributed by atoms with E-state index >= 15 is 0 Å². The molecule has 0 saturated carbocycles. The number of hydrogen-bond acceptors (Lipinski definition) is 5. The average molecular weight is 403 g/mol. The Morgan fingerprint density at radius 3 is 3.07 bits per heavy atom. The van der Waals surface area contributed by atoms with Crippen molar-refractivity contribution in [3.63, 3.8) is 0 Å². The van der Waals surface area contributed by atoms with E-state index in [2.05, 4.69) is 15.4 Å². The van der Waals surface area contributed by atoms with Crippen molar-refractivity contribution < 1.29 is 9.53 Å². The number of halogens is 1. The van der Waals surface area contributed by atoms with Crippen molar-refractivity contribution >= 4 is 34.7 Å². The zero-order valence-electron chi connectivity index (χ0n) is 14.6. The van der Waals surface area contributed by atoms with Crippen LogP contribution >= 0.6 is 22.9 Å². The van der Waals surface area contributed by atoms with Crippen LogP contribution in [0.15, 0.2) is 41.9 Å². The predicted octanol–water partition coefficient (Wildman–Crippen LogP) is 3.88. The van der Waals surface area contributed by atoms with Gasteiger partial charge in [-0.3, -0.25) is 4.79 Å². The number of rotatable bonds is 6. The molecule has 0 unspecified atom stereocenters. The molecule has 0 bridgehead atoms. The second kappa shape index (κ2) is 8.21. The van der Waals surface area contributed by atoms with Crippen molar-refractivity contribution in [3.8, 4) is 10.6 Å². The normalized spacial score (nSPS) is 16.6. The van der Waals surface area contributed by atoms with E-state index in [1.807, 2.05) is 40.4 Å². The van der Waals surface area contributed by atoms with Crippen molar-refractivity contribution in [2.75, 3.05) is 18.5 Å². The van der Waals surface area contributed by atoms with Gasteiger partial charge in [0.25, 0.3) is 0 Å². The maximum Gasteiger partial charge on any atom is 0.231 e. The smallest absolute Gasteiger partial charge is 0.231 e. The number of benzene rings is 1. The van der Waals surface area contributed by atoms with Gasteiger partial charge in [0, 0.05) is 36.1 Å². The predicted molar refractivity (Wildman–Crippen MR) is 106 cm³/mol. The molecule has 4 rings (SSSR count). The highest BCUT2D eigenvalue weighted by Gasteiger charge is 2.18. The van der Waals surface area contributed by atoms with Crippen molar-refractivity contribution in [1.29, 1.82) is 0 Å². The quantitative estimate of drug-likeness (QED) is 0.679. The van der Waals surface area contributed by atoms with E-state index in [1.165, 1.54) is 11.3 Å². The van der Waals surface area contributed by atoms with Gasteiger partial charge in [0.1, 0.15) is 10.8 Å². The minimum absolute atomic E-state index is 0.115. The number of ether oxygens (including phenoxy) is 1. The lowest BCUT2D eigenvalue weighted by Gasteiger charge is -2.12. The topological polar surface area (TPSA) is 69.0 Å². The molecule has 1 amide bonds. The highest BCUT2D eigenvalue weighted by molar-refractivity contribution is 7.13. The Kier molecular flexibility index (Phi) is 5.52. The van der Waals surface area contributed by atoms with Crippen LogP contribution < -0.4 is 5.32 Å². The summed E-state index contributed by atoms with van der Waals surface area (Å²) >= 11 is 7.71. The molecule has 0 aliphatic carbocycles. The summed E-state index contributed by atoms with van der Waals surface area (Å²) in [6.45, 7) is 2.29. The van der Waals surface area contributed by atoms with Gasteiger partial charge in [-0.2, -0.15) is 5.10 Å². The molecule has 1 aliphatic heterocycles. The molecule has 27 heavy (non-hydrogen) atoms. The van der Waals surface area contributed by atoms with E-state index < -0.39 is 0 Å². The summed E-state index contributed by atoms with van der Waals surface area (Å²) in [4.78, 5) is 17.0. The van der Waals surface area contributed by atoms with E-state index in [-0.39, 0.29) is 12.3 Å². The van der Waals surface area contributed by atoms with Crippen LogP contribution in [0, 0.1) is 5.92 Å². The maximum absolute atomic E-state index is 12.4. The molecule has 1 aliphatic rings. The van der Waals surface area contributed by atoms with Gasteiger partial charge in [-0.1, -0.05) is 29.8 Å². The summed E-state index contributed by atoms with van der Waals surface area (Å²) in [5.41, 5.74) is 1.61. The zero-order valence-corrected chi connectivity index (χ0v) is 16.2. The van der Waals surface area contributed by atoms with Gasteiger partial charge in [0.15, 0.2) is 0 Å². The molecule has 3 heterocycles. The van der Waals surface area contributed by atoms with Crippen LogP contribution in [0.3, 0.4) is 0 Å². The van der Waals surface area contributed by atoms with E-state index in [1.54, 1.807) is 6.20 Å². The Balaban J connectivity index is 1.39. The third-order valence-corrected chi connectivity index (χ3v) is 5.69. The second-order valence-electron chi connectivity index (χ2n) is 6.48. The van der Waals surface area contributed by atoms with Gasteiger partial charge in [-0.15, -0.1) is 11.3 Å². The fraction of sp³-hybridized carbons (Fsp3) is 0.316. The SMILES string of the molecule is O=C(Cc1csc(-c2ccccc2Cl)n1)Nc1ccnn1C[C@@H]1CCOC1. The van der Waals surface area contributed by atoms with Crippen LogP contribution in [-0.2, 0) is 22.5 Å². The number of thiazole rings is 1. The molecule has 2 aromatic heterocycles. The molecule has 3 aromatic rings. The molecule has 140 valence electrons. The number of carbonyl (C=O) groups is 1. The van der Waals surface area contributed by atoms with Crippen LogP contribution in [0.5, 0.6) is 0 Å². The number of anilines is 1. The van der Waals surface area contributed by atoms with Gasteiger partial charge < -0.3 is 10.1 Å². The lowest BCUT2D eigenvalue weighted by molar-refractivity contribution is -0.115. The summed E-state index contributed by atoms with van der Waals surface area (Å²) in [5, 5.41) is 10.6. The molecular weight excluding hydrogens is 384 g/mol. The van der Waals surface area contributed by atoms with Crippen molar-refractivity contribution in [3.05, 3.63) is 52.6 Å². The average Bonchev–Trinajstić information content (AvgIpc) is 3.40. The summed E-state index contributed by atoms with van der Waals surface area (Å²) < 4.78 is 7.23. The molecule has 1 aromatic carbocycles. The molecule has 0 radical (unpaired) electrons. The lowest BCUT2D eigenvalue weighted by Crippen LogP contribution is -2.20. The highest BCUT2D eigenvalue weighted by atomic mass is 35.5. The summed E-state index contributed by atoms with van der Waals surface area (Å²) in [5.74, 6) is 1.03. The van der Waals surface area contributed by atoms with E-state index in [0.717, 1.165) is 42.4 Å².